The lowest BCUT2D eigenvalue weighted by Gasteiger charge is -2.40. The largest absolute Gasteiger partial charge is 0.444 e. The topological polar surface area (TPSA) is 46.6 Å². The number of hydrogen-bond acceptors (Lipinski definition) is 3. The normalized spacial score (nSPS) is 19.8. The number of benzene rings is 1. The lowest BCUT2D eigenvalue weighted by atomic mass is 9.73. The molecule has 2 aliphatic rings. The monoisotopic (exact) mass is 315 g/mol. The van der Waals surface area contributed by atoms with Crippen LogP contribution in [0.3, 0.4) is 0 Å². The fourth-order valence-corrected chi connectivity index (χ4v) is 3.73. The van der Waals surface area contributed by atoms with Gasteiger partial charge in [-0.05, 0) is 46.1 Å². The molecule has 0 aromatic heterocycles. The Hall–Kier alpha value is -1.84. The zero-order chi connectivity index (χ0) is 16.8. The van der Waals surface area contributed by atoms with Crippen molar-refractivity contribution < 1.29 is 14.3 Å². The highest BCUT2D eigenvalue weighted by atomic mass is 16.6. The van der Waals surface area contributed by atoms with Crippen molar-refractivity contribution in [2.24, 2.45) is 0 Å². The van der Waals surface area contributed by atoms with Crippen LogP contribution in [0.2, 0.25) is 0 Å². The molecule has 0 atom stereocenters. The highest BCUT2D eigenvalue weighted by molar-refractivity contribution is 6.02. The molecule has 3 rings (SSSR count). The van der Waals surface area contributed by atoms with Crippen LogP contribution in [0, 0.1) is 6.92 Å². The predicted octanol–water partition coefficient (Wildman–Crippen LogP) is 3.85. The molecule has 1 heterocycles. The number of hydrogen-bond donors (Lipinski definition) is 0. The number of ether oxygens (including phenoxy) is 1. The van der Waals surface area contributed by atoms with Crippen LogP contribution < -0.4 is 0 Å². The summed E-state index contributed by atoms with van der Waals surface area (Å²) in [7, 11) is 0. The van der Waals surface area contributed by atoms with Crippen molar-refractivity contribution >= 4 is 11.9 Å². The number of carbonyl (C=O) groups excluding carboxylic acids is 2. The molecule has 1 aliphatic heterocycles. The van der Waals surface area contributed by atoms with Crippen LogP contribution in [-0.4, -0.2) is 35.5 Å². The van der Waals surface area contributed by atoms with Gasteiger partial charge in [0.05, 0.1) is 0 Å². The Kier molecular flexibility index (Phi) is 3.74. The Morgan fingerprint density at radius 2 is 1.87 bits per heavy atom. The standard InChI is InChI=1S/C19H25NO3/c1-13-5-6-14-15(11-13)19(12-16(14)21)7-9-20(10-8-19)17(22)23-18(2,3)4/h5-6,11H,7-10,12H2,1-4H3. The SMILES string of the molecule is Cc1ccc2c(c1)C1(CCN(C(=O)OC(C)(C)C)CC1)CC2=O. The van der Waals surface area contributed by atoms with E-state index in [0.29, 0.717) is 19.5 Å². The fraction of sp³-hybridized carbons (Fsp3) is 0.579. The van der Waals surface area contributed by atoms with E-state index in [9.17, 15) is 9.59 Å². The van der Waals surface area contributed by atoms with Crippen LogP contribution >= 0.6 is 0 Å². The van der Waals surface area contributed by atoms with Gasteiger partial charge in [0.15, 0.2) is 5.78 Å². The molecule has 23 heavy (non-hydrogen) atoms. The minimum Gasteiger partial charge on any atom is -0.444 e. The second kappa shape index (κ2) is 5.36. The predicted molar refractivity (Wildman–Crippen MR) is 88.8 cm³/mol. The number of likely N-dealkylation sites (tertiary alicyclic amines) is 1. The third kappa shape index (κ3) is 2.99. The van der Waals surface area contributed by atoms with Gasteiger partial charge in [-0.15, -0.1) is 0 Å². The van der Waals surface area contributed by atoms with E-state index < -0.39 is 5.60 Å². The first kappa shape index (κ1) is 16.0. The van der Waals surface area contributed by atoms with Crippen molar-refractivity contribution in [3.8, 4) is 0 Å². The van der Waals surface area contributed by atoms with E-state index in [-0.39, 0.29) is 17.3 Å². The molecular formula is C19H25NO3. The molecule has 0 N–H and O–H groups in total. The van der Waals surface area contributed by atoms with E-state index in [1.54, 1.807) is 4.90 Å². The zero-order valence-corrected chi connectivity index (χ0v) is 14.4. The molecule has 4 heteroatoms. The van der Waals surface area contributed by atoms with E-state index in [1.807, 2.05) is 32.9 Å². The quantitative estimate of drug-likeness (QED) is 0.730. The Morgan fingerprint density at radius 3 is 2.48 bits per heavy atom. The van der Waals surface area contributed by atoms with Gasteiger partial charge in [0.2, 0.25) is 0 Å². The number of ketones is 1. The fourth-order valence-electron chi connectivity index (χ4n) is 3.73. The summed E-state index contributed by atoms with van der Waals surface area (Å²) in [6, 6.07) is 6.12. The third-order valence-corrected chi connectivity index (χ3v) is 4.92. The van der Waals surface area contributed by atoms with Gasteiger partial charge >= 0.3 is 6.09 Å². The zero-order valence-electron chi connectivity index (χ0n) is 14.4. The van der Waals surface area contributed by atoms with Crippen LogP contribution in [0.15, 0.2) is 18.2 Å². The van der Waals surface area contributed by atoms with Crippen LogP contribution in [0.5, 0.6) is 0 Å². The maximum absolute atomic E-state index is 12.3. The van der Waals surface area contributed by atoms with Gasteiger partial charge in [-0.1, -0.05) is 23.8 Å². The molecule has 0 unspecified atom stereocenters. The second-order valence-electron chi connectivity index (χ2n) is 7.90. The molecule has 1 aromatic carbocycles. The van der Waals surface area contributed by atoms with Crippen molar-refractivity contribution in [3.05, 3.63) is 34.9 Å². The molecule has 1 aromatic rings. The molecule has 1 saturated heterocycles. The van der Waals surface area contributed by atoms with E-state index >= 15 is 0 Å². The van der Waals surface area contributed by atoms with E-state index in [4.69, 9.17) is 4.74 Å². The third-order valence-electron chi connectivity index (χ3n) is 4.92. The van der Waals surface area contributed by atoms with Gasteiger partial charge in [-0.3, -0.25) is 4.79 Å². The molecule has 0 bridgehead atoms. The van der Waals surface area contributed by atoms with Crippen molar-refractivity contribution in [2.45, 2.75) is 58.0 Å². The van der Waals surface area contributed by atoms with Crippen molar-refractivity contribution in [2.75, 3.05) is 13.1 Å². The summed E-state index contributed by atoms with van der Waals surface area (Å²) >= 11 is 0. The molecule has 1 spiro atoms. The molecule has 4 nitrogen and oxygen atoms in total. The van der Waals surface area contributed by atoms with Gasteiger partial charge in [-0.2, -0.15) is 0 Å². The first-order valence-corrected chi connectivity index (χ1v) is 8.32. The second-order valence-corrected chi connectivity index (χ2v) is 7.90. The first-order valence-electron chi connectivity index (χ1n) is 8.32. The lowest BCUT2D eigenvalue weighted by molar-refractivity contribution is 0.0166. The van der Waals surface area contributed by atoms with Gasteiger partial charge in [0.25, 0.3) is 0 Å². The van der Waals surface area contributed by atoms with Crippen molar-refractivity contribution in [1.82, 2.24) is 4.90 Å². The first-order chi connectivity index (χ1) is 10.7. The Morgan fingerprint density at radius 1 is 1.22 bits per heavy atom. The number of carbonyl (C=O) groups is 2. The summed E-state index contributed by atoms with van der Waals surface area (Å²) in [5.74, 6) is 0.241. The van der Waals surface area contributed by atoms with Crippen LogP contribution in [0.1, 0.15) is 61.5 Å². The van der Waals surface area contributed by atoms with Crippen molar-refractivity contribution in [1.29, 1.82) is 0 Å². The van der Waals surface area contributed by atoms with Crippen LogP contribution in [0.25, 0.3) is 0 Å². The molecular weight excluding hydrogens is 290 g/mol. The minimum absolute atomic E-state index is 0.0864. The van der Waals surface area contributed by atoms with Crippen molar-refractivity contribution in [3.63, 3.8) is 0 Å². The number of aryl methyl sites for hydroxylation is 1. The van der Waals surface area contributed by atoms with E-state index in [0.717, 1.165) is 18.4 Å². The highest BCUT2D eigenvalue weighted by Crippen LogP contribution is 2.46. The van der Waals surface area contributed by atoms with E-state index in [1.165, 1.54) is 11.1 Å². The number of fused-ring (bicyclic) bond motifs is 2. The number of nitrogens with zero attached hydrogens (tertiary/aromatic N) is 1. The molecule has 0 saturated carbocycles. The smallest absolute Gasteiger partial charge is 0.410 e. The number of rotatable bonds is 0. The summed E-state index contributed by atoms with van der Waals surface area (Å²) in [4.78, 5) is 26.3. The summed E-state index contributed by atoms with van der Waals surface area (Å²) < 4.78 is 5.46. The molecule has 1 amide bonds. The molecule has 1 aliphatic carbocycles. The average molecular weight is 315 g/mol. The maximum Gasteiger partial charge on any atom is 0.410 e. The Balaban J connectivity index is 1.76. The minimum atomic E-state index is -0.473. The highest BCUT2D eigenvalue weighted by Gasteiger charge is 2.46. The summed E-state index contributed by atoms with van der Waals surface area (Å²) in [5, 5.41) is 0. The molecule has 0 radical (unpaired) electrons. The van der Waals surface area contributed by atoms with Gasteiger partial charge < -0.3 is 9.64 Å². The molecule has 124 valence electrons. The Bertz CT molecular complexity index is 649. The number of piperidine rings is 1. The van der Waals surface area contributed by atoms with Crippen LogP contribution in [-0.2, 0) is 10.2 Å². The summed E-state index contributed by atoms with van der Waals surface area (Å²) in [5.41, 5.74) is 2.69. The Labute approximate surface area is 137 Å². The maximum atomic E-state index is 12.3. The van der Waals surface area contributed by atoms with Gasteiger partial charge in [-0.25, -0.2) is 4.79 Å². The summed E-state index contributed by atoms with van der Waals surface area (Å²) in [6.45, 7) is 9.00. The van der Waals surface area contributed by atoms with Crippen LogP contribution in [0.4, 0.5) is 4.79 Å². The average Bonchev–Trinajstić information content (AvgIpc) is 2.70. The summed E-state index contributed by atoms with van der Waals surface area (Å²) in [6.07, 6.45) is 1.98. The lowest BCUT2D eigenvalue weighted by Crippen LogP contribution is -2.46. The molecule has 1 fully saturated rings. The van der Waals surface area contributed by atoms with Gasteiger partial charge in [0, 0.05) is 30.5 Å². The van der Waals surface area contributed by atoms with Gasteiger partial charge in [0.1, 0.15) is 5.60 Å². The number of Topliss-reactive ketones (excluding diaryl/α,β-unsaturated/α-hetero) is 1. The van der Waals surface area contributed by atoms with E-state index in [2.05, 4.69) is 13.0 Å². The number of amides is 1.